The number of benzene rings is 5. The van der Waals surface area contributed by atoms with Gasteiger partial charge in [0.05, 0.1) is 24.2 Å². The van der Waals surface area contributed by atoms with Crippen LogP contribution in [-0.4, -0.2) is 119 Å². The Kier molecular flexibility index (Phi) is 22.9. The highest BCUT2D eigenvalue weighted by Gasteiger charge is 2.41. The van der Waals surface area contributed by atoms with Gasteiger partial charge in [0.25, 0.3) is 17.7 Å². The minimum atomic E-state index is -0.690. The first-order chi connectivity index (χ1) is 50.6. The van der Waals surface area contributed by atoms with Gasteiger partial charge in [0, 0.05) is 123 Å². The fourth-order valence-corrected chi connectivity index (χ4v) is 15.3. The van der Waals surface area contributed by atoms with Crippen molar-refractivity contribution in [2.24, 2.45) is 0 Å². The first kappa shape index (κ1) is 75.0. The summed E-state index contributed by atoms with van der Waals surface area (Å²) in [6.07, 6.45) is 9.01. The maximum Gasteiger partial charge on any atom is 0.410 e. The lowest BCUT2D eigenvalue weighted by atomic mass is 9.90. The van der Waals surface area contributed by atoms with Crippen LogP contribution < -0.4 is 16.0 Å². The summed E-state index contributed by atoms with van der Waals surface area (Å²) < 4.78 is 32.7. The van der Waals surface area contributed by atoms with Crippen molar-refractivity contribution < 1.29 is 61.5 Å². The van der Waals surface area contributed by atoms with Crippen LogP contribution in [0.5, 0.6) is 0 Å². The Bertz CT molecular complexity index is 4760. The molecule has 2 aromatic heterocycles. The number of carbonyl (C=O) groups excluding carboxylic acids is 10. The van der Waals surface area contributed by atoms with Crippen LogP contribution >= 0.6 is 22.9 Å². The summed E-state index contributed by atoms with van der Waals surface area (Å²) in [5.41, 5.74) is 13.6. The number of carbonyl (C=O) groups is 10. The normalized spacial score (nSPS) is 18.2. The first-order valence-corrected chi connectivity index (χ1v) is 36.8. The number of thiazole rings is 1. The standard InChI is InChI=1S/C30H35N5O5.C28H24F2N2O3S.C24H23ClN2O3/c1-18-5-10-25(26(36)32-18)35-17-22-13-19(6-9-24(22)27(35)37)15-31-28(38)33-23-8-7-21-16-34(12-11-20(21)14-23)29(39)40-30(2,3)4;1-16-2-9-25(26(34)10-16)32-14-18-11-17(4-7-21(18)28(32)35)3-6-20(33)13-27-31-24(15-36-27)22-8-5-19(29)12-23(22)30;1-15-2-8-21(22(29)10-15)27-14-18-11-16(4-7-20(18)24(27)30)3-6-19(28)12-17-5-9-23(25)26-13-17/h6-9,13-14,25H,1,5,10-12,15-17H2,2-4H3,(H,32,36)(H2,31,33,38);4-5,7-8,11-12,15,25H,1-3,6,9-10,13-14H2;4-5,7,9,11,13,21H,1-3,6,8,10,12,14H2. The fraction of sp³-hybridized carbons (Fsp3) is 0.341. The van der Waals surface area contributed by atoms with Gasteiger partial charge in [-0.1, -0.05) is 91.0 Å². The number of amides is 7. The van der Waals surface area contributed by atoms with E-state index in [9.17, 15) is 56.7 Å². The van der Waals surface area contributed by atoms with Gasteiger partial charge in [-0.15, -0.1) is 11.3 Å². The number of pyridine rings is 1. The Balaban J connectivity index is 0.000000151. The molecule has 1 saturated heterocycles. The number of halogens is 3. The third kappa shape index (κ3) is 18.2. The van der Waals surface area contributed by atoms with Gasteiger partial charge < -0.3 is 40.3 Å². The number of fused-ring (bicyclic) bond motifs is 4. The van der Waals surface area contributed by atoms with Gasteiger partial charge in [-0.2, -0.15) is 0 Å². The molecule has 20 nitrogen and oxygen atoms in total. The molecule has 0 bridgehead atoms. The van der Waals surface area contributed by atoms with E-state index in [0.29, 0.717) is 154 Å². The van der Waals surface area contributed by atoms with Crippen molar-refractivity contribution in [3.8, 4) is 11.3 Å². The van der Waals surface area contributed by atoms with Crippen LogP contribution in [0.25, 0.3) is 11.3 Å². The average Bonchev–Trinajstić information content (AvgIpc) is 1.66. The first-order valence-electron chi connectivity index (χ1n) is 35.5. The van der Waals surface area contributed by atoms with Crippen LogP contribution in [0.1, 0.15) is 171 Å². The van der Waals surface area contributed by atoms with E-state index in [1.54, 1.807) is 49.4 Å². The van der Waals surface area contributed by atoms with Gasteiger partial charge in [0.15, 0.2) is 11.6 Å². The summed E-state index contributed by atoms with van der Waals surface area (Å²) in [4.78, 5) is 141. The zero-order valence-corrected chi connectivity index (χ0v) is 61.0. The lowest BCUT2D eigenvalue weighted by Gasteiger charge is -2.31. The largest absolute Gasteiger partial charge is 0.444 e. The number of nitrogens with zero attached hydrogens (tertiary/aromatic N) is 6. The monoisotopic (exact) mass is 1470 g/mol. The van der Waals surface area contributed by atoms with Crippen molar-refractivity contribution in [3.63, 3.8) is 0 Å². The molecule has 3 atom stereocenters. The molecule has 5 aromatic carbocycles. The second kappa shape index (κ2) is 32.4. The number of aryl methyl sites for hydroxylation is 2. The summed E-state index contributed by atoms with van der Waals surface area (Å²) in [7, 11) is 0. The summed E-state index contributed by atoms with van der Waals surface area (Å²) in [5.74, 6) is -1.62. The molecule has 0 spiro atoms. The molecule has 7 heterocycles. The third-order valence-electron chi connectivity index (χ3n) is 19.9. The molecule has 7 aliphatic rings. The van der Waals surface area contributed by atoms with Gasteiger partial charge >= 0.3 is 12.1 Å². The number of ether oxygens (including phenoxy) is 1. The molecule has 548 valence electrons. The van der Waals surface area contributed by atoms with E-state index < -0.39 is 29.3 Å². The topological polar surface area (TPSA) is 255 Å². The van der Waals surface area contributed by atoms with E-state index in [4.69, 9.17) is 16.3 Å². The minimum absolute atomic E-state index is 0.00158. The maximum absolute atomic E-state index is 14.0. The van der Waals surface area contributed by atoms with E-state index in [1.165, 1.54) is 23.5 Å². The van der Waals surface area contributed by atoms with E-state index in [0.717, 1.165) is 80.1 Å². The molecule has 3 fully saturated rings. The highest BCUT2D eigenvalue weighted by molar-refractivity contribution is 7.10. The highest BCUT2D eigenvalue weighted by Crippen LogP contribution is 2.36. The van der Waals surface area contributed by atoms with Gasteiger partial charge in [0.2, 0.25) is 5.91 Å². The second-order valence-corrected chi connectivity index (χ2v) is 30.3. The fourth-order valence-electron chi connectivity index (χ4n) is 14.3. The number of allylic oxidation sites excluding steroid dienone is 3. The molecule has 0 radical (unpaired) electrons. The molecule has 5 aliphatic heterocycles. The molecular formula is C82H82ClF2N9O11S. The molecule has 24 heteroatoms. The molecule has 2 aliphatic carbocycles. The SMILES string of the molecule is C=C1CCC(N2Cc3cc(CCC(=O)Cc4ccc(Cl)nc4)ccc3C2=O)C(=O)C1.C=C1CCC(N2Cc3cc(CCC(=O)Cc4nc(-c5ccc(F)cc5F)cs4)ccc3C2=O)C(=O)C1.C=C1CCC(N2Cc3cc(CNC(=O)Nc4ccc5c(c4)CCN(C(=O)OC(C)(C)C)C5)ccc3C2=O)C(=O)N1. The van der Waals surface area contributed by atoms with Crippen molar-refractivity contribution in [1.82, 2.24) is 40.2 Å². The molecule has 3 N–H and O–H groups in total. The number of rotatable bonds is 17. The van der Waals surface area contributed by atoms with Crippen LogP contribution in [0.2, 0.25) is 5.15 Å². The maximum atomic E-state index is 14.0. The summed E-state index contributed by atoms with van der Waals surface area (Å²) in [6.45, 7) is 19.7. The molecule has 2 saturated carbocycles. The van der Waals surface area contributed by atoms with Crippen LogP contribution in [0.3, 0.4) is 0 Å². The molecule has 106 heavy (non-hydrogen) atoms. The number of nitrogens with one attached hydrogen (secondary N) is 3. The van der Waals surface area contributed by atoms with Crippen LogP contribution in [0.15, 0.2) is 151 Å². The smallest absolute Gasteiger partial charge is 0.410 e. The number of anilines is 1. The molecule has 3 unspecified atom stereocenters. The van der Waals surface area contributed by atoms with Crippen molar-refractivity contribution in [2.45, 2.75) is 174 Å². The zero-order chi connectivity index (χ0) is 75.3. The Labute approximate surface area is 622 Å². The molecule has 14 rings (SSSR count). The number of urea groups is 1. The van der Waals surface area contributed by atoms with Crippen molar-refractivity contribution in [1.29, 1.82) is 0 Å². The third-order valence-corrected chi connectivity index (χ3v) is 20.9. The number of hydrogen-bond donors (Lipinski definition) is 3. The predicted molar refractivity (Wildman–Crippen MR) is 396 cm³/mol. The number of Topliss-reactive ketones (excluding diaryl/α,β-unsaturated/α-hetero) is 4. The van der Waals surface area contributed by atoms with Gasteiger partial charge in [-0.25, -0.2) is 28.3 Å². The van der Waals surface area contributed by atoms with E-state index in [-0.39, 0.29) is 83.5 Å². The van der Waals surface area contributed by atoms with Crippen molar-refractivity contribution in [2.75, 3.05) is 11.9 Å². The number of hydrogen-bond acceptors (Lipinski definition) is 14. The Morgan fingerprint density at radius 3 is 1.72 bits per heavy atom. The summed E-state index contributed by atoms with van der Waals surface area (Å²) in [6, 6.07) is 27.7. The Morgan fingerprint density at radius 1 is 0.613 bits per heavy atom. The van der Waals surface area contributed by atoms with Crippen LogP contribution in [0, 0.1) is 11.6 Å². The summed E-state index contributed by atoms with van der Waals surface area (Å²) >= 11 is 7.04. The van der Waals surface area contributed by atoms with E-state index in [1.807, 2.05) is 87.5 Å². The Morgan fingerprint density at radius 2 is 1.16 bits per heavy atom. The molecule has 7 amide bonds. The average molecular weight is 1480 g/mol. The van der Waals surface area contributed by atoms with Crippen LogP contribution in [-0.2, 0) is 93.5 Å². The second-order valence-electron chi connectivity index (χ2n) is 28.9. The Hall–Kier alpha value is -10.7. The number of piperidine rings is 1. The van der Waals surface area contributed by atoms with E-state index in [2.05, 4.69) is 45.7 Å². The number of ketones is 4. The van der Waals surface area contributed by atoms with Crippen molar-refractivity contribution >= 4 is 87.5 Å². The molecule has 7 aromatic rings. The van der Waals surface area contributed by atoms with Crippen LogP contribution in [0.4, 0.5) is 24.1 Å². The quantitative estimate of drug-likeness (QED) is 0.0567. The lowest BCUT2D eigenvalue weighted by Crippen LogP contribution is -2.49. The van der Waals surface area contributed by atoms with Gasteiger partial charge in [-0.3, -0.25) is 38.4 Å². The summed E-state index contributed by atoms with van der Waals surface area (Å²) in [5, 5.41) is 11.1. The lowest BCUT2D eigenvalue weighted by molar-refractivity contribution is -0.126. The minimum Gasteiger partial charge on any atom is -0.444 e. The highest BCUT2D eigenvalue weighted by atomic mass is 35.5. The van der Waals surface area contributed by atoms with E-state index >= 15 is 0 Å². The predicted octanol–water partition coefficient (Wildman–Crippen LogP) is 13.6. The molecular weight excluding hydrogens is 1390 g/mol. The number of aromatic nitrogens is 2. The van der Waals surface area contributed by atoms with Crippen molar-refractivity contribution in [3.05, 3.63) is 240 Å². The van der Waals surface area contributed by atoms with Gasteiger partial charge in [0.1, 0.15) is 45.0 Å². The van der Waals surface area contributed by atoms with Gasteiger partial charge in [-0.05, 0) is 177 Å². The zero-order valence-electron chi connectivity index (χ0n) is 59.4.